The van der Waals surface area contributed by atoms with Gasteiger partial charge in [-0.1, -0.05) is 6.07 Å². The van der Waals surface area contributed by atoms with Gasteiger partial charge in [-0.3, -0.25) is 5.43 Å². The second kappa shape index (κ2) is 8.50. The minimum Gasteiger partial charge on any atom is -0.508 e. The van der Waals surface area contributed by atoms with Crippen LogP contribution in [0.5, 0.6) is 11.5 Å². The Kier molecular flexibility index (Phi) is 6.37. The normalized spacial score (nSPS) is 10.5. The number of benzene rings is 2. The van der Waals surface area contributed by atoms with Crippen LogP contribution in [0.2, 0.25) is 0 Å². The third kappa shape index (κ3) is 5.54. The Hall–Kier alpha value is -2.12. The standard InChI is InChI=1S/C16H16BrN3O2S/c1-22-15-7-4-12(8-14(15)17)9-18-16(23)20-19-10-11-2-5-13(21)6-3-11/h2-8,10,21H,9H2,1H3,(H2,18,20,23)/b19-10-. The van der Waals surface area contributed by atoms with Crippen molar-refractivity contribution in [3.05, 3.63) is 58.1 Å². The van der Waals surface area contributed by atoms with Gasteiger partial charge in [0.05, 0.1) is 17.8 Å². The van der Waals surface area contributed by atoms with Gasteiger partial charge >= 0.3 is 0 Å². The number of nitrogens with one attached hydrogen (secondary N) is 2. The Bertz CT molecular complexity index is 705. The molecule has 2 rings (SSSR count). The first-order valence-electron chi connectivity index (χ1n) is 6.77. The number of thiocarbonyl (C=S) groups is 1. The molecule has 0 amide bonds. The van der Waals surface area contributed by atoms with Crippen LogP contribution in [-0.2, 0) is 6.54 Å². The monoisotopic (exact) mass is 393 g/mol. The second-order valence-corrected chi connectivity index (χ2v) is 5.88. The van der Waals surface area contributed by atoms with Crippen LogP contribution in [0.1, 0.15) is 11.1 Å². The number of methoxy groups -OCH3 is 1. The van der Waals surface area contributed by atoms with Crippen LogP contribution in [0, 0.1) is 0 Å². The molecule has 0 aliphatic rings. The molecule has 0 unspecified atom stereocenters. The van der Waals surface area contributed by atoms with E-state index in [0.717, 1.165) is 21.3 Å². The summed E-state index contributed by atoms with van der Waals surface area (Å²) in [5, 5.41) is 16.7. The largest absolute Gasteiger partial charge is 0.508 e. The molecule has 0 fully saturated rings. The van der Waals surface area contributed by atoms with Crippen molar-refractivity contribution in [2.45, 2.75) is 6.54 Å². The number of rotatable bonds is 5. The van der Waals surface area contributed by atoms with Gasteiger partial charge in [0.2, 0.25) is 0 Å². The summed E-state index contributed by atoms with van der Waals surface area (Å²) >= 11 is 8.60. The van der Waals surface area contributed by atoms with Gasteiger partial charge in [0.1, 0.15) is 11.5 Å². The van der Waals surface area contributed by atoms with Crippen molar-refractivity contribution in [2.24, 2.45) is 5.10 Å². The highest BCUT2D eigenvalue weighted by Crippen LogP contribution is 2.25. The van der Waals surface area contributed by atoms with Gasteiger partial charge < -0.3 is 15.2 Å². The highest BCUT2D eigenvalue weighted by Gasteiger charge is 2.02. The van der Waals surface area contributed by atoms with Crippen LogP contribution in [0.4, 0.5) is 0 Å². The van der Waals surface area contributed by atoms with Gasteiger partial charge in [-0.15, -0.1) is 0 Å². The molecular weight excluding hydrogens is 378 g/mol. The van der Waals surface area contributed by atoms with Crippen molar-refractivity contribution < 1.29 is 9.84 Å². The maximum absolute atomic E-state index is 9.20. The van der Waals surface area contributed by atoms with Crippen molar-refractivity contribution in [3.8, 4) is 11.5 Å². The van der Waals surface area contributed by atoms with Crippen LogP contribution < -0.4 is 15.5 Å². The Morgan fingerprint density at radius 1 is 1.30 bits per heavy atom. The van der Waals surface area contributed by atoms with Gasteiger partial charge in [0, 0.05) is 6.54 Å². The van der Waals surface area contributed by atoms with Crippen LogP contribution in [0.15, 0.2) is 52.0 Å². The number of hydrogen-bond donors (Lipinski definition) is 3. The average Bonchev–Trinajstić information content (AvgIpc) is 2.55. The summed E-state index contributed by atoms with van der Waals surface area (Å²) in [7, 11) is 1.63. The van der Waals surface area contributed by atoms with Crippen LogP contribution in [-0.4, -0.2) is 23.5 Å². The van der Waals surface area contributed by atoms with Crippen LogP contribution in [0.25, 0.3) is 0 Å². The van der Waals surface area contributed by atoms with Crippen molar-refractivity contribution in [1.29, 1.82) is 0 Å². The maximum Gasteiger partial charge on any atom is 0.187 e. The lowest BCUT2D eigenvalue weighted by atomic mass is 10.2. The number of nitrogens with zero attached hydrogens (tertiary/aromatic N) is 1. The van der Waals surface area contributed by atoms with Crippen molar-refractivity contribution in [2.75, 3.05) is 7.11 Å². The van der Waals surface area contributed by atoms with Crippen molar-refractivity contribution in [1.82, 2.24) is 10.7 Å². The summed E-state index contributed by atoms with van der Waals surface area (Å²) in [5.41, 5.74) is 4.66. The predicted octanol–water partition coefficient (Wildman–Crippen LogP) is 3.16. The number of phenolic OH excluding ortho intramolecular Hbond substituents is 1. The number of aromatic hydroxyl groups is 1. The molecule has 5 nitrogen and oxygen atoms in total. The first-order valence-corrected chi connectivity index (χ1v) is 7.97. The fourth-order valence-electron chi connectivity index (χ4n) is 1.77. The molecule has 2 aromatic rings. The van der Waals surface area contributed by atoms with E-state index in [1.165, 1.54) is 0 Å². The summed E-state index contributed by atoms with van der Waals surface area (Å²) in [4.78, 5) is 0. The molecule has 7 heteroatoms. The average molecular weight is 394 g/mol. The summed E-state index contributed by atoms with van der Waals surface area (Å²) in [5.74, 6) is 1.01. The van der Waals surface area contributed by atoms with Crippen LogP contribution >= 0.6 is 28.1 Å². The molecule has 120 valence electrons. The van der Waals surface area contributed by atoms with Gasteiger partial charge in [-0.2, -0.15) is 5.10 Å². The zero-order chi connectivity index (χ0) is 16.7. The predicted molar refractivity (Wildman–Crippen MR) is 99.0 cm³/mol. The van der Waals surface area contributed by atoms with E-state index in [4.69, 9.17) is 17.0 Å². The minimum absolute atomic E-state index is 0.220. The third-order valence-corrected chi connectivity index (χ3v) is 3.80. The van der Waals surface area contributed by atoms with E-state index >= 15 is 0 Å². The van der Waals surface area contributed by atoms with Crippen LogP contribution in [0.3, 0.4) is 0 Å². The highest BCUT2D eigenvalue weighted by atomic mass is 79.9. The lowest BCUT2D eigenvalue weighted by molar-refractivity contribution is 0.412. The first-order chi connectivity index (χ1) is 11.1. The Morgan fingerprint density at radius 3 is 2.70 bits per heavy atom. The molecule has 0 spiro atoms. The minimum atomic E-state index is 0.220. The zero-order valence-corrected chi connectivity index (χ0v) is 14.8. The van der Waals surface area contributed by atoms with E-state index in [1.807, 2.05) is 18.2 Å². The number of ether oxygens (including phenoxy) is 1. The smallest absolute Gasteiger partial charge is 0.187 e. The van der Waals surface area contributed by atoms with Crippen molar-refractivity contribution in [3.63, 3.8) is 0 Å². The maximum atomic E-state index is 9.20. The summed E-state index contributed by atoms with van der Waals surface area (Å²) < 4.78 is 6.08. The molecule has 0 aliphatic carbocycles. The van der Waals surface area contributed by atoms with Gasteiger partial charge in [0.25, 0.3) is 0 Å². The van der Waals surface area contributed by atoms with E-state index in [9.17, 15) is 5.11 Å². The molecule has 0 aliphatic heterocycles. The summed E-state index contributed by atoms with van der Waals surface area (Å²) in [6, 6.07) is 12.5. The van der Waals surface area contributed by atoms with Gasteiger partial charge in [-0.05, 0) is 75.7 Å². The molecular formula is C16H16BrN3O2S. The SMILES string of the molecule is COc1ccc(CNC(=S)N/N=C\c2ccc(O)cc2)cc1Br. The topological polar surface area (TPSA) is 65.9 Å². The summed E-state index contributed by atoms with van der Waals surface area (Å²) in [6.07, 6.45) is 1.62. The fraction of sp³-hybridized carbons (Fsp3) is 0.125. The highest BCUT2D eigenvalue weighted by molar-refractivity contribution is 9.10. The molecule has 23 heavy (non-hydrogen) atoms. The van der Waals surface area contributed by atoms with Crippen molar-refractivity contribution >= 4 is 39.5 Å². The van der Waals surface area contributed by atoms with E-state index < -0.39 is 0 Å². The Balaban J connectivity index is 1.81. The Morgan fingerprint density at radius 2 is 2.04 bits per heavy atom. The lowest BCUT2D eigenvalue weighted by Gasteiger charge is -2.09. The molecule has 3 N–H and O–H groups in total. The molecule has 2 aromatic carbocycles. The number of hydrazone groups is 1. The molecule has 0 heterocycles. The fourth-order valence-corrected chi connectivity index (χ4v) is 2.48. The molecule has 0 bridgehead atoms. The first kappa shape index (κ1) is 17.2. The second-order valence-electron chi connectivity index (χ2n) is 4.61. The quantitative estimate of drug-likeness (QED) is 0.413. The molecule has 0 radical (unpaired) electrons. The van der Waals surface area contributed by atoms with E-state index in [0.29, 0.717) is 11.7 Å². The number of hydrogen-bond acceptors (Lipinski definition) is 4. The van der Waals surface area contributed by atoms with Gasteiger partial charge in [-0.25, -0.2) is 0 Å². The zero-order valence-electron chi connectivity index (χ0n) is 12.4. The summed E-state index contributed by atoms with van der Waals surface area (Å²) in [6.45, 7) is 0.573. The molecule has 0 atom stereocenters. The Labute approximate surface area is 148 Å². The lowest BCUT2D eigenvalue weighted by Crippen LogP contribution is -2.31. The molecule has 0 aromatic heterocycles. The van der Waals surface area contributed by atoms with E-state index in [1.54, 1.807) is 37.6 Å². The third-order valence-electron chi connectivity index (χ3n) is 2.94. The molecule has 0 saturated heterocycles. The number of phenols is 1. The van der Waals surface area contributed by atoms with E-state index in [2.05, 4.69) is 31.8 Å². The van der Waals surface area contributed by atoms with Gasteiger partial charge in [0.15, 0.2) is 5.11 Å². The van der Waals surface area contributed by atoms with E-state index in [-0.39, 0.29) is 5.75 Å². The number of halogens is 1. The molecule has 0 saturated carbocycles.